The molecule has 0 bridgehead atoms. The minimum Gasteiger partial charge on any atom is -0.337 e. The first-order valence-electron chi connectivity index (χ1n) is 5.95. The maximum Gasteiger partial charge on any atom is 0.267 e. The third kappa shape index (κ3) is 2.65. The van der Waals surface area contributed by atoms with E-state index in [0.717, 1.165) is 19.4 Å². The zero-order valence-corrected chi connectivity index (χ0v) is 10.1. The summed E-state index contributed by atoms with van der Waals surface area (Å²) in [5.41, 5.74) is 3.08. The SMILES string of the molecule is NNC(=O)c1cccnc1CN1CCCCC1=O. The zero-order chi connectivity index (χ0) is 13.0. The third-order valence-corrected chi connectivity index (χ3v) is 3.03. The predicted octanol–water partition coefficient (Wildman–Crippen LogP) is 0.198. The molecule has 1 fully saturated rings. The van der Waals surface area contributed by atoms with Crippen LogP contribution in [0.15, 0.2) is 18.3 Å². The van der Waals surface area contributed by atoms with Gasteiger partial charge in [0.2, 0.25) is 5.91 Å². The molecular formula is C12H16N4O2. The summed E-state index contributed by atoms with van der Waals surface area (Å²) in [7, 11) is 0. The summed E-state index contributed by atoms with van der Waals surface area (Å²) in [6.07, 6.45) is 4.12. The first-order valence-corrected chi connectivity index (χ1v) is 5.95. The van der Waals surface area contributed by atoms with Gasteiger partial charge in [-0.15, -0.1) is 0 Å². The number of rotatable bonds is 3. The van der Waals surface area contributed by atoms with E-state index in [-0.39, 0.29) is 11.8 Å². The number of carbonyl (C=O) groups is 2. The lowest BCUT2D eigenvalue weighted by Crippen LogP contribution is -2.36. The van der Waals surface area contributed by atoms with Crippen LogP contribution in [0.1, 0.15) is 35.3 Å². The van der Waals surface area contributed by atoms with Crippen molar-refractivity contribution in [2.24, 2.45) is 5.84 Å². The molecule has 0 saturated carbocycles. The summed E-state index contributed by atoms with van der Waals surface area (Å²) in [5, 5.41) is 0. The van der Waals surface area contributed by atoms with Crippen molar-refractivity contribution in [1.29, 1.82) is 0 Å². The van der Waals surface area contributed by atoms with Crippen LogP contribution in [0.5, 0.6) is 0 Å². The summed E-state index contributed by atoms with van der Waals surface area (Å²) < 4.78 is 0. The molecule has 0 atom stereocenters. The molecule has 1 aromatic heterocycles. The van der Waals surface area contributed by atoms with Gasteiger partial charge in [0.1, 0.15) is 0 Å². The molecule has 1 aliphatic heterocycles. The number of piperidine rings is 1. The molecule has 0 spiro atoms. The lowest BCUT2D eigenvalue weighted by molar-refractivity contribution is -0.133. The molecule has 6 heteroatoms. The molecule has 1 aliphatic rings. The van der Waals surface area contributed by atoms with Gasteiger partial charge in [0.05, 0.1) is 17.8 Å². The monoisotopic (exact) mass is 248 g/mol. The molecule has 18 heavy (non-hydrogen) atoms. The molecule has 1 saturated heterocycles. The quantitative estimate of drug-likeness (QED) is 0.454. The Morgan fingerprint density at radius 2 is 2.33 bits per heavy atom. The summed E-state index contributed by atoms with van der Waals surface area (Å²) in [6, 6.07) is 3.32. The number of nitrogens with two attached hydrogens (primary N) is 1. The summed E-state index contributed by atoms with van der Waals surface area (Å²) >= 11 is 0. The van der Waals surface area contributed by atoms with Crippen molar-refractivity contribution >= 4 is 11.8 Å². The summed E-state index contributed by atoms with van der Waals surface area (Å²) in [6.45, 7) is 1.08. The summed E-state index contributed by atoms with van der Waals surface area (Å²) in [5.74, 6) is 4.86. The predicted molar refractivity (Wildman–Crippen MR) is 65.2 cm³/mol. The highest BCUT2D eigenvalue weighted by molar-refractivity contribution is 5.94. The standard InChI is InChI=1S/C12H16N4O2/c13-15-12(18)9-4-3-6-14-10(9)8-16-7-2-1-5-11(16)17/h3-4,6H,1-2,5,7-8,13H2,(H,15,18). The van der Waals surface area contributed by atoms with E-state index in [1.807, 2.05) is 0 Å². The van der Waals surface area contributed by atoms with Gasteiger partial charge in [-0.2, -0.15) is 0 Å². The maximum absolute atomic E-state index is 11.7. The molecule has 2 rings (SSSR count). The number of carbonyl (C=O) groups excluding carboxylic acids is 2. The van der Waals surface area contributed by atoms with Crippen molar-refractivity contribution in [3.63, 3.8) is 0 Å². The van der Waals surface area contributed by atoms with E-state index >= 15 is 0 Å². The smallest absolute Gasteiger partial charge is 0.267 e. The van der Waals surface area contributed by atoms with Crippen LogP contribution in [0.2, 0.25) is 0 Å². The molecule has 0 aliphatic carbocycles. The van der Waals surface area contributed by atoms with Crippen LogP contribution in [0.3, 0.4) is 0 Å². The molecule has 0 unspecified atom stereocenters. The second kappa shape index (κ2) is 5.59. The molecule has 1 aromatic rings. The van der Waals surface area contributed by atoms with E-state index in [4.69, 9.17) is 5.84 Å². The van der Waals surface area contributed by atoms with Crippen LogP contribution >= 0.6 is 0 Å². The highest BCUT2D eigenvalue weighted by atomic mass is 16.2. The minimum absolute atomic E-state index is 0.117. The maximum atomic E-state index is 11.7. The third-order valence-electron chi connectivity index (χ3n) is 3.03. The number of amides is 2. The van der Waals surface area contributed by atoms with Gasteiger partial charge >= 0.3 is 0 Å². The number of hydrogen-bond acceptors (Lipinski definition) is 4. The number of hydrogen-bond donors (Lipinski definition) is 2. The Bertz CT molecular complexity index is 461. The van der Waals surface area contributed by atoms with E-state index in [0.29, 0.717) is 24.2 Å². The largest absolute Gasteiger partial charge is 0.337 e. The van der Waals surface area contributed by atoms with Gasteiger partial charge in [-0.05, 0) is 25.0 Å². The van der Waals surface area contributed by atoms with E-state index < -0.39 is 0 Å². The molecule has 96 valence electrons. The lowest BCUT2D eigenvalue weighted by Gasteiger charge is -2.26. The van der Waals surface area contributed by atoms with Crippen LogP contribution in [0.4, 0.5) is 0 Å². The lowest BCUT2D eigenvalue weighted by atomic mass is 10.1. The first kappa shape index (κ1) is 12.5. The average molecular weight is 248 g/mol. The van der Waals surface area contributed by atoms with Crippen LogP contribution in [0, 0.1) is 0 Å². The van der Waals surface area contributed by atoms with Crippen molar-refractivity contribution in [1.82, 2.24) is 15.3 Å². The molecule has 2 amide bonds. The Balaban J connectivity index is 2.18. The Kier molecular flexibility index (Phi) is 3.88. The van der Waals surface area contributed by atoms with E-state index in [9.17, 15) is 9.59 Å². The number of pyridine rings is 1. The van der Waals surface area contributed by atoms with E-state index in [2.05, 4.69) is 10.4 Å². The number of nitrogen functional groups attached to an aromatic ring is 1. The van der Waals surface area contributed by atoms with Gasteiger partial charge in [0.25, 0.3) is 5.91 Å². The fourth-order valence-electron chi connectivity index (χ4n) is 2.06. The molecular weight excluding hydrogens is 232 g/mol. The Hall–Kier alpha value is -1.95. The zero-order valence-electron chi connectivity index (χ0n) is 10.1. The fourth-order valence-corrected chi connectivity index (χ4v) is 2.06. The van der Waals surface area contributed by atoms with Crippen molar-refractivity contribution in [2.45, 2.75) is 25.8 Å². The number of nitrogens with one attached hydrogen (secondary N) is 1. The minimum atomic E-state index is -0.387. The van der Waals surface area contributed by atoms with Crippen LogP contribution in [-0.4, -0.2) is 28.2 Å². The highest BCUT2D eigenvalue weighted by Gasteiger charge is 2.21. The molecule has 6 nitrogen and oxygen atoms in total. The normalized spacial score (nSPS) is 15.6. The van der Waals surface area contributed by atoms with Crippen molar-refractivity contribution in [2.75, 3.05) is 6.54 Å². The fraction of sp³-hybridized carbons (Fsp3) is 0.417. The van der Waals surface area contributed by atoms with Gasteiger partial charge in [-0.1, -0.05) is 0 Å². The Morgan fingerprint density at radius 1 is 1.50 bits per heavy atom. The number of aromatic nitrogens is 1. The van der Waals surface area contributed by atoms with Gasteiger partial charge in [0.15, 0.2) is 0 Å². The first-order chi connectivity index (χ1) is 8.72. The topological polar surface area (TPSA) is 88.3 Å². The van der Waals surface area contributed by atoms with Crippen LogP contribution < -0.4 is 11.3 Å². The second-order valence-electron chi connectivity index (χ2n) is 4.24. The molecule has 2 heterocycles. The van der Waals surface area contributed by atoms with Gasteiger partial charge in [0, 0.05) is 19.2 Å². The molecule has 3 N–H and O–H groups in total. The second-order valence-corrected chi connectivity index (χ2v) is 4.24. The summed E-state index contributed by atoms with van der Waals surface area (Å²) in [4.78, 5) is 29.2. The number of hydrazine groups is 1. The Labute approximate surface area is 105 Å². The highest BCUT2D eigenvalue weighted by Crippen LogP contribution is 2.15. The van der Waals surface area contributed by atoms with Crippen molar-refractivity contribution < 1.29 is 9.59 Å². The Morgan fingerprint density at radius 3 is 3.06 bits per heavy atom. The van der Waals surface area contributed by atoms with E-state index in [1.165, 1.54) is 0 Å². The molecule has 0 aromatic carbocycles. The van der Waals surface area contributed by atoms with Gasteiger partial charge < -0.3 is 4.90 Å². The van der Waals surface area contributed by atoms with E-state index in [1.54, 1.807) is 23.2 Å². The van der Waals surface area contributed by atoms with Crippen molar-refractivity contribution in [3.05, 3.63) is 29.6 Å². The van der Waals surface area contributed by atoms with Crippen LogP contribution in [-0.2, 0) is 11.3 Å². The van der Waals surface area contributed by atoms with Crippen LogP contribution in [0.25, 0.3) is 0 Å². The molecule has 0 radical (unpaired) electrons. The van der Waals surface area contributed by atoms with Gasteiger partial charge in [-0.3, -0.25) is 20.0 Å². The average Bonchev–Trinajstić information content (AvgIpc) is 2.41. The number of nitrogens with zero attached hydrogens (tertiary/aromatic N) is 2. The number of likely N-dealkylation sites (tertiary alicyclic amines) is 1. The van der Waals surface area contributed by atoms with Gasteiger partial charge in [-0.25, -0.2) is 5.84 Å². The van der Waals surface area contributed by atoms with Crippen molar-refractivity contribution in [3.8, 4) is 0 Å².